The van der Waals surface area contributed by atoms with E-state index in [0.29, 0.717) is 5.17 Å². The molecule has 1 aromatic rings. The van der Waals surface area contributed by atoms with Crippen LogP contribution in [-0.2, 0) is 5.75 Å². The second kappa shape index (κ2) is 4.02. The van der Waals surface area contributed by atoms with Crippen LogP contribution in [0.25, 0.3) is 0 Å². The highest BCUT2D eigenvalue weighted by atomic mass is 32.2. The number of hydrogen-bond acceptors (Lipinski definition) is 4. The molecule has 0 bridgehead atoms. The molecule has 5 heteroatoms. The molecule has 0 saturated heterocycles. The largest absolute Gasteiger partial charge is 0.379 e. The van der Waals surface area contributed by atoms with E-state index in [1.54, 1.807) is 19.5 Å². The fourth-order valence-electron chi connectivity index (χ4n) is 0.520. The first kappa shape index (κ1) is 8.13. The molecule has 0 radical (unpaired) electrons. The van der Waals surface area contributed by atoms with Crippen molar-refractivity contribution in [2.45, 2.75) is 5.75 Å². The zero-order valence-electron chi connectivity index (χ0n) is 6.15. The lowest BCUT2D eigenvalue weighted by atomic mass is 10.4. The molecule has 0 atom stereocenters. The van der Waals surface area contributed by atoms with Crippen LogP contribution in [0.15, 0.2) is 22.0 Å². The molecule has 0 aliphatic carbocycles. The highest BCUT2D eigenvalue weighted by Crippen LogP contribution is 2.10. The molecule has 1 heterocycles. The fraction of sp³-hybridized carbons (Fsp3) is 0.333. The molecule has 0 aliphatic heterocycles. The summed E-state index contributed by atoms with van der Waals surface area (Å²) in [5.41, 5.74) is 6.47. The van der Waals surface area contributed by atoms with E-state index in [1.165, 1.54) is 11.8 Å². The summed E-state index contributed by atoms with van der Waals surface area (Å²) in [5, 5.41) is 4.13. The van der Waals surface area contributed by atoms with Gasteiger partial charge in [0.25, 0.3) is 0 Å². The quantitative estimate of drug-likeness (QED) is 0.529. The molecule has 11 heavy (non-hydrogen) atoms. The van der Waals surface area contributed by atoms with E-state index in [1.807, 2.05) is 0 Å². The number of hydrogen-bond donors (Lipinski definition) is 1. The van der Waals surface area contributed by atoms with Gasteiger partial charge in [0.2, 0.25) is 0 Å². The van der Waals surface area contributed by atoms with Crippen molar-refractivity contribution in [3.63, 3.8) is 0 Å². The monoisotopic (exact) mass is 171 g/mol. The van der Waals surface area contributed by atoms with Gasteiger partial charge >= 0.3 is 0 Å². The van der Waals surface area contributed by atoms with E-state index < -0.39 is 0 Å². The molecule has 0 amide bonds. The number of aromatic nitrogens is 1. The zero-order valence-corrected chi connectivity index (χ0v) is 6.97. The van der Waals surface area contributed by atoms with Crippen LogP contribution < -0.4 is 5.73 Å². The lowest BCUT2D eigenvalue weighted by Crippen LogP contribution is -2.05. The number of nitrogens with zero attached hydrogens (tertiary/aromatic N) is 2. The van der Waals surface area contributed by atoms with Crippen molar-refractivity contribution in [1.82, 2.24) is 5.16 Å². The minimum absolute atomic E-state index is 0.575. The molecule has 1 aromatic heterocycles. The number of nitrogens with two attached hydrogens (primary N) is 1. The van der Waals surface area contributed by atoms with Crippen molar-refractivity contribution >= 4 is 16.9 Å². The molecule has 2 N–H and O–H groups in total. The average Bonchev–Trinajstić information content (AvgIpc) is 2.52. The van der Waals surface area contributed by atoms with Crippen LogP contribution in [0.5, 0.6) is 0 Å². The summed E-state index contributed by atoms with van der Waals surface area (Å²) in [6.07, 6.45) is 3.26. The summed E-state index contributed by atoms with van der Waals surface area (Å²) in [6, 6.07) is 0. The lowest BCUT2D eigenvalue weighted by Gasteiger charge is -1.94. The van der Waals surface area contributed by atoms with Crippen molar-refractivity contribution < 1.29 is 4.52 Å². The van der Waals surface area contributed by atoms with E-state index in [4.69, 9.17) is 5.73 Å². The molecule has 0 aromatic carbocycles. The molecular formula is C6H9N3OS. The van der Waals surface area contributed by atoms with Crippen molar-refractivity contribution in [1.29, 1.82) is 0 Å². The predicted molar refractivity (Wildman–Crippen MR) is 45.3 cm³/mol. The Morgan fingerprint density at radius 3 is 3.27 bits per heavy atom. The molecular weight excluding hydrogens is 162 g/mol. The highest BCUT2D eigenvalue weighted by Gasteiger charge is 1.97. The Kier molecular flexibility index (Phi) is 2.97. The van der Waals surface area contributed by atoms with Crippen LogP contribution in [0.4, 0.5) is 0 Å². The Morgan fingerprint density at radius 2 is 2.73 bits per heavy atom. The van der Waals surface area contributed by atoms with E-state index in [2.05, 4.69) is 14.7 Å². The molecule has 4 nitrogen and oxygen atoms in total. The Morgan fingerprint density at radius 1 is 1.91 bits per heavy atom. The van der Waals surface area contributed by atoms with Gasteiger partial charge in [-0.1, -0.05) is 16.9 Å². The summed E-state index contributed by atoms with van der Waals surface area (Å²) in [4.78, 5) is 3.79. The van der Waals surface area contributed by atoms with Crippen LogP contribution in [0.2, 0.25) is 0 Å². The lowest BCUT2D eigenvalue weighted by molar-refractivity contribution is 0.419. The number of rotatable bonds is 2. The minimum Gasteiger partial charge on any atom is -0.379 e. The van der Waals surface area contributed by atoms with Gasteiger partial charge in [0.1, 0.15) is 6.26 Å². The smallest absolute Gasteiger partial charge is 0.153 e. The first-order valence-electron chi connectivity index (χ1n) is 3.06. The van der Waals surface area contributed by atoms with E-state index in [0.717, 1.165) is 11.3 Å². The molecule has 0 aliphatic rings. The Hall–Kier alpha value is -0.970. The van der Waals surface area contributed by atoms with Crippen LogP contribution in [0.1, 0.15) is 5.56 Å². The standard InChI is InChI=1S/C6H9N3OS/c1-8-6(7)11-4-5-2-9-10-3-5/h2-3H,4H2,1H3,(H2,7,8). The third kappa shape index (κ3) is 2.63. The second-order valence-electron chi connectivity index (χ2n) is 1.88. The summed E-state index contributed by atoms with van der Waals surface area (Å²) in [6.45, 7) is 0. The van der Waals surface area contributed by atoms with Gasteiger partial charge in [0, 0.05) is 18.4 Å². The third-order valence-corrected chi connectivity index (χ3v) is 2.05. The normalized spacial score (nSPS) is 11.9. The maximum atomic E-state index is 5.45. The third-order valence-electron chi connectivity index (χ3n) is 1.09. The summed E-state index contributed by atoms with van der Waals surface area (Å²) < 4.78 is 4.64. The maximum Gasteiger partial charge on any atom is 0.153 e. The second-order valence-corrected chi connectivity index (χ2v) is 2.88. The van der Waals surface area contributed by atoms with Crippen molar-refractivity contribution in [3.05, 3.63) is 18.0 Å². The van der Waals surface area contributed by atoms with Gasteiger partial charge in [-0.15, -0.1) is 0 Å². The van der Waals surface area contributed by atoms with Crippen molar-refractivity contribution in [2.24, 2.45) is 10.7 Å². The summed E-state index contributed by atoms with van der Waals surface area (Å²) in [5.74, 6) is 0.757. The van der Waals surface area contributed by atoms with Gasteiger partial charge in [0.05, 0.1) is 6.20 Å². The Balaban J connectivity index is 2.35. The van der Waals surface area contributed by atoms with Gasteiger partial charge in [-0.2, -0.15) is 0 Å². The van der Waals surface area contributed by atoms with E-state index in [-0.39, 0.29) is 0 Å². The number of thioether (sulfide) groups is 1. The first-order valence-corrected chi connectivity index (χ1v) is 4.05. The topological polar surface area (TPSA) is 64.4 Å². The minimum atomic E-state index is 0.575. The van der Waals surface area contributed by atoms with Crippen LogP contribution in [0, 0.1) is 0 Å². The van der Waals surface area contributed by atoms with Gasteiger partial charge in [-0.05, 0) is 0 Å². The average molecular weight is 171 g/mol. The Labute approximate surface area is 68.8 Å². The predicted octanol–water partition coefficient (Wildman–Crippen LogP) is 0.852. The number of aliphatic imine (C=N–C) groups is 1. The fourth-order valence-corrected chi connectivity index (χ4v) is 1.11. The van der Waals surface area contributed by atoms with Gasteiger partial charge in [-0.3, -0.25) is 4.99 Å². The van der Waals surface area contributed by atoms with E-state index >= 15 is 0 Å². The SMILES string of the molecule is CN=C(N)SCc1cnoc1. The number of amidine groups is 1. The first-order chi connectivity index (χ1) is 5.33. The summed E-state index contributed by atoms with van der Waals surface area (Å²) in [7, 11) is 1.66. The van der Waals surface area contributed by atoms with Crippen LogP contribution >= 0.6 is 11.8 Å². The van der Waals surface area contributed by atoms with Gasteiger partial charge < -0.3 is 10.3 Å². The Bertz CT molecular complexity index is 232. The molecule has 0 fully saturated rings. The summed E-state index contributed by atoms with van der Waals surface area (Å²) >= 11 is 1.46. The van der Waals surface area contributed by atoms with Crippen molar-refractivity contribution in [2.75, 3.05) is 7.05 Å². The van der Waals surface area contributed by atoms with Gasteiger partial charge in [0.15, 0.2) is 5.17 Å². The maximum absolute atomic E-state index is 5.45. The molecule has 60 valence electrons. The van der Waals surface area contributed by atoms with Crippen molar-refractivity contribution in [3.8, 4) is 0 Å². The van der Waals surface area contributed by atoms with E-state index in [9.17, 15) is 0 Å². The molecule has 0 spiro atoms. The zero-order chi connectivity index (χ0) is 8.10. The molecule has 0 unspecified atom stereocenters. The molecule has 1 rings (SSSR count). The molecule has 0 saturated carbocycles. The van der Waals surface area contributed by atoms with Gasteiger partial charge in [-0.25, -0.2) is 0 Å². The van der Waals surface area contributed by atoms with Crippen LogP contribution in [-0.4, -0.2) is 17.4 Å². The van der Waals surface area contributed by atoms with Crippen LogP contribution in [0.3, 0.4) is 0 Å². The highest BCUT2D eigenvalue weighted by molar-refractivity contribution is 8.13.